The van der Waals surface area contributed by atoms with E-state index in [1.54, 1.807) is 18.3 Å². The number of nitrogens with one attached hydrogen (secondary N) is 1. The Kier molecular flexibility index (Phi) is 3.40. The Morgan fingerprint density at radius 3 is 3.15 bits per heavy atom. The minimum Gasteiger partial charge on any atom is -0.342 e. The molecule has 1 aliphatic heterocycles. The lowest BCUT2D eigenvalue weighted by molar-refractivity contribution is 0.0937. The van der Waals surface area contributed by atoms with Crippen LogP contribution in [0, 0.1) is 0 Å². The van der Waals surface area contributed by atoms with E-state index in [1.807, 2.05) is 6.92 Å². The number of aryl methyl sites for hydroxylation is 1. The van der Waals surface area contributed by atoms with E-state index < -0.39 is 0 Å². The number of fused-ring (bicyclic) bond motifs is 1. The van der Waals surface area contributed by atoms with E-state index in [9.17, 15) is 4.79 Å². The van der Waals surface area contributed by atoms with Crippen LogP contribution in [-0.2, 0) is 13.0 Å². The zero-order chi connectivity index (χ0) is 14.1. The SMILES string of the molecule is CC(NC(=O)c1cccnc1Cl)c1nnc2n1CCC2. The molecule has 6 nitrogen and oxygen atoms in total. The summed E-state index contributed by atoms with van der Waals surface area (Å²) in [5.74, 6) is 1.51. The van der Waals surface area contributed by atoms with Crippen molar-refractivity contribution in [3.8, 4) is 0 Å². The van der Waals surface area contributed by atoms with Crippen LogP contribution < -0.4 is 5.32 Å². The molecule has 1 amide bonds. The highest BCUT2D eigenvalue weighted by Crippen LogP contribution is 2.20. The standard InChI is InChI=1S/C13H14ClN5O/c1-8(12-18-17-10-5-3-7-19(10)12)16-13(20)9-4-2-6-15-11(9)14/h2,4,6,8H,3,5,7H2,1H3,(H,16,20). The van der Waals surface area contributed by atoms with Gasteiger partial charge >= 0.3 is 0 Å². The van der Waals surface area contributed by atoms with Gasteiger partial charge in [-0.15, -0.1) is 10.2 Å². The summed E-state index contributed by atoms with van der Waals surface area (Å²) in [7, 11) is 0. The van der Waals surface area contributed by atoms with E-state index >= 15 is 0 Å². The molecule has 20 heavy (non-hydrogen) atoms. The lowest BCUT2D eigenvalue weighted by Gasteiger charge is -2.14. The summed E-state index contributed by atoms with van der Waals surface area (Å²) in [4.78, 5) is 16.1. The molecular weight excluding hydrogens is 278 g/mol. The van der Waals surface area contributed by atoms with Crippen molar-refractivity contribution < 1.29 is 4.79 Å². The second kappa shape index (κ2) is 5.20. The maximum Gasteiger partial charge on any atom is 0.254 e. The number of carbonyl (C=O) groups excluding carboxylic acids is 1. The smallest absolute Gasteiger partial charge is 0.254 e. The van der Waals surface area contributed by atoms with Gasteiger partial charge in [-0.25, -0.2) is 4.98 Å². The van der Waals surface area contributed by atoms with Crippen LogP contribution in [0.3, 0.4) is 0 Å². The lowest BCUT2D eigenvalue weighted by atomic mass is 10.2. The molecule has 0 fully saturated rings. The van der Waals surface area contributed by atoms with Gasteiger partial charge in [0.2, 0.25) is 0 Å². The minimum absolute atomic E-state index is 0.198. The molecule has 0 saturated carbocycles. The molecule has 0 radical (unpaired) electrons. The quantitative estimate of drug-likeness (QED) is 0.875. The molecule has 2 aromatic heterocycles. The molecule has 7 heteroatoms. The Bertz CT molecular complexity index is 654. The van der Waals surface area contributed by atoms with Crippen LogP contribution in [0.2, 0.25) is 5.15 Å². The maximum atomic E-state index is 12.2. The van der Waals surface area contributed by atoms with Crippen LogP contribution in [0.1, 0.15) is 41.4 Å². The van der Waals surface area contributed by atoms with Crippen molar-refractivity contribution in [2.24, 2.45) is 0 Å². The number of carbonyl (C=O) groups is 1. The Hall–Kier alpha value is -1.95. The van der Waals surface area contributed by atoms with Crippen molar-refractivity contribution in [3.63, 3.8) is 0 Å². The molecule has 104 valence electrons. The fraction of sp³-hybridized carbons (Fsp3) is 0.385. The number of halogens is 1. The molecule has 3 rings (SSSR count). The van der Waals surface area contributed by atoms with Gasteiger partial charge in [-0.2, -0.15) is 0 Å². The van der Waals surface area contributed by atoms with Gasteiger partial charge in [-0.05, 0) is 25.5 Å². The number of hydrogen-bond acceptors (Lipinski definition) is 4. The maximum absolute atomic E-state index is 12.2. The Balaban J connectivity index is 1.77. The van der Waals surface area contributed by atoms with Crippen LogP contribution in [0.25, 0.3) is 0 Å². The predicted molar refractivity (Wildman–Crippen MR) is 73.5 cm³/mol. The molecule has 0 saturated heterocycles. The Labute approximate surface area is 121 Å². The van der Waals surface area contributed by atoms with Crippen LogP contribution in [0.15, 0.2) is 18.3 Å². The first-order valence-electron chi connectivity index (χ1n) is 6.50. The second-order valence-corrected chi connectivity index (χ2v) is 5.12. The summed E-state index contributed by atoms with van der Waals surface area (Å²) in [6.07, 6.45) is 3.57. The molecule has 0 bridgehead atoms. The zero-order valence-electron chi connectivity index (χ0n) is 11.0. The van der Waals surface area contributed by atoms with E-state index in [-0.39, 0.29) is 17.1 Å². The van der Waals surface area contributed by atoms with Gasteiger partial charge in [0.05, 0.1) is 11.6 Å². The highest BCUT2D eigenvalue weighted by molar-refractivity contribution is 6.32. The van der Waals surface area contributed by atoms with Crippen LogP contribution in [0.5, 0.6) is 0 Å². The normalized spacial score (nSPS) is 14.9. The summed E-state index contributed by atoms with van der Waals surface area (Å²) in [6.45, 7) is 2.79. The minimum atomic E-state index is -0.258. The molecule has 0 aromatic carbocycles. The van der Waals surface area contributed by atoms with Gasteiger partial charge in [0.25, 0.3) is 5.91 Å². The van der Waals surface area contributed by atoms with Gasteiger partial charge in [0, 0.05) is 19.2 Å². The second-order valence-electron chi connectivity index (χ2n) is 4.77. The summed E-state index contributed by atoms with van der Waals surface area (Å²) < 4.78 is 2.07. The molecule has 1 N–H and O–H groups in total. The summed E-state index contributed by atoms with van der Waals surface area (Å²) in [5, 5.41) is 11.4. The van der Waals surface area contributed by atoms with Crippen LogP contribution in [0.4, 0.5) is 0 Å². The van der Waals surface area contributed by atoms with Gasteiger partial charge in [0.1, 0.15) is 11.0 Å². The van der Waals surface area contributed by atoms with E-state index in [4.69, 9.17) is 11.6 Å². The number of amides is 1. The summed E-state index contributed by atoms with van der Waals surface area (Å²) in [5.41, 5.74) is 0.363. The first kappa shape index (κ1) is 13.1. The number of pyridine rings is 1. The number of hydrogen-bond donors (Lipinski definition) is 1. The highest BCUT2D eigenvalue weighted by Gasteiger charge is 2.23. The largest absolute Gasteiger partial charge is 0.342 e. The van der Waals surface area contributed by atoms with Crippen LogP contribution in [-0.4, -0.2) is 25.7 Å². The number of aromatic nitrogens is 4. The Morgan fingerprint density at radius 2 is 2.35 bits per heavy atom. The van der Waals surface area contributed by atoms with E-state index in [0.29, 0.717) is 5.56 Å². The number of rotatable bonds is 3. The fourth-order valence-corrected chi connectivity index (χ4v) is 2.59. The average molecular weight is 292 g/mol. The van der Waals surface area contributed by atoms with Crippen molar-refractivity contribution in [2.75, 3.05) is 0 Å². The van der Waals surface area contributed by atoms with Crippen molar-refractivity contribution in [3.05, 3.63) is 40.7 Å². The topological polar surface area (TPSA) is 72.7 Å². The van der Waals surface area contributed by atoms with Crippen molar-refractivity contribution in [1.29, 1.82) is 0 Å². The zero-order valence-corrected chi connectivity index (χ0v) is 11.8. The van der Waals surface area contributed by atoms with Crippen molar-refractivity contribution >= 4 is 17.5 Å². The van der Waals surface area contributed by atoms with E-state index in [0.717, 1.165) is 31.0 Å². The first-order chi connectivity index (χ1) is 9.66. The fourth-order valence-electron chi connectivity index (χ4n) is 2.39. The van der Waals surface area contributed by atoms with Crippen LogP contribution >= 0.6 is 11.6 Å². The highest BCUT2D eigenvalue weighted by atomic mass is 35.5. The van der Waals surface area contributed by atoms with E-state index in [2.05, 4.69) is 25.1 Å². The average Bonchev–Trinajstić information content (AvgIpc) is 3.00. The predicted octanol–water partition coefficient (Wildman–Crippen LogP) is 1.76. The van der Waals surface area contributed by atoms with Gasteiger partial charge in [0.15, 0.2) is 5.82 Å². The van der Waals surface area contributed by atoms with Gasteiger partial charge < -0.3 is 9.88 Å². The molecular formula is C13H14ClN5O. The molecule has 2 aromatic rings. The summed E-state index contributed by atoms with van der Waals surface area (Å²) >= 11 is 5.92. The van der Waals surface area contributed by atoms with Gasteiger partial charge in [-0.3, -0.25) is 4.79 Å². The van der Waals surface area contributed by atoms with E-state index in [1.165, 1.54) is 0 Å². The summed E-state index contributed by atoms with van der Waals surface area (Å²) in [6, 6.07) is 3.10. The monoisotopic (exact) mass is 291 g/mol. The third-order valence-electron chi connectivity index (χ3n) is 3.38. The third-order valence-corrected chi connectivity index (χ3v) is 3.68. The lowest BCUT2D eigenvalue weighted by Crippen LogP contribution is -2.29. The van der Waals surface area contributed by atoms with Crippen molar-refractivity contribution in [1.82, 2.24) is 25.1 Å². The Morgan fingerprint density at radius 1 is 1.50 bits per heavy atom. The molecule has 1 unspecified atom stereocenters. The number of nitrogens with zero attached hydrogens (tertiary/aromatic N) is 4. The molecule has 0 aliphatic carbocycles. The van der Waals surface area contributed by atoms with Crippen molar-refractivity contribution in [2.45, 2.75) is 32.4 Å². The molecule has 1 aliphatic rings. The molecule has 0 spiro atoms. The first-order valence-corrected chi connectivity index (χ1v) is 6.88. The molecule has 3 heterocycles. The van der Waals surface area contributed by atoms with Gasteiger partial charge in [-0.1, -0.05) is 11.6 Å². The molecule has 1 atom stereocenters. The third kappa shape index (κ3) is 2.27.